The highest BCUT2D eigenvalue weighted by Gasteiger charge is 2.02. The molecule has 0 aromatic rings. The van der Waals surface area contributed by atoms with Gasteiger partial charge in [0.1, 0.15) is 0 Å². The van der Waals surface area contributed by atoms with Gasteiger partial charge in [-0.25, -0.2) is 0 Å². The second-order valence-corrected chi connectivity index (χ2v) is 3.11. The fourth-order valence-corrected chi connectivity index (χ4v) is 0.829. The van der Waals surface area contributed by atoms with Crippen LogP contribution >= 0.6 is 0 Å². The Morgan fingerprint density at radius 3 is 2.55 bits per heavy atom. The van der Waals surface area contributed by atoms with Crippen LogP contribution in [-0.2, 0) is 4.74 Å². The second kappa shape index (κ2) is 6.58. The molecule has 0 aliphatic rings. The van der Waals surface area contributed by atoms with Crippen LogP contribution in [0.3, 0.4) is 0 Å². The minimum Gasteiger partial charge on any atom is -0.384 e. The molecular formula is C8H20N2O. The highest BCUT2D eigenvalue weighted by atomic mass is 16.5. The summed E-state index contributed by atoms with van der Waals surface area (Å²) in [5.41, 5.74) is 5.44. The summed E-state index contributed by atoms with van der Waals surface area (Å²) in [5.74, 6) is 0.564. The predicted octanol–water partition coefficient (Wildman–Crippen LogP) is 0.206. The van der Waals surface area contributed by atoms with Gasteiger partial charge in [0.15, 0.2) is 0 Å². The van der Waals surface area contributed by atoms with Crippen molar-refractivity contribution in [1.29, 1.82) is 0 Å². The van der Waals surface area contributed by atoms with Gasteiger partial charge >= 0.3 is 0 Å². The van der Waals surface area contributed by atoms with Crippen LogP contribution < -0.4 is 11.1 Å². The summed E-state index contributed by atoms with van der Waals surface area (Å²) in [6.45, 7) is 6.72. The highest BCUT2D eigenvalue weighted by molar-refractivity contribution is 4.63. The van der Waals surface area contributed by atoms with E-state index in [9.17, 15) is 0 Å². The first-order valence-corrected chi connectivity index (χ1v) is 4.13. The maximum absolute atomic E-state index is 5.44. The van der Waals surface area contributed by atoms with E-state index in [-0.39, 0.29) is 0 Å². The second-order valence-electron chi connectivity index (χ2n) is 3.11. The van der Waals surface area contributed by atoms with Gasteiger partial charge in [0.05, 0.1) is 0 Å². The van der Waals surface area contributed by atoms with Gasteiger partial charge in [0.2, 0.25) is 0 Å². The summed E-state index contributed by atoms with van der Waals surface area (Å²) < 4.78 is 5.00. The molecule has 0 saturated heterocycles. The van der Waals surface area contributed by atoms with E-state index < -0.39 is 0 Å². The standard InChI is InChI=1S/C8H20N2O/c1-7(6-11-3)5-10-8(2)4-9/h7-8,10H,4-6,9H2,1-3H3. The van der Waals surface area contributed by atoms with Crippen LogP contribution in [0.1, 0.15) is 13.8 Å². The largest absolute Gasteiger partial charge is 0.384 e. The van der Waals surface area contributed by atoms with Gasteiger partial charge in [-0.1, -0.05) is 6.92 Å². The van der Waals surface area contributed by atoms with Gasteiger partial charge in [-0.3, -0.25) is 0 Å². The Balaban J connectivity index is 3.22. The molecule has 11 heavy (non-hydrogen) atoms. The zero-order chi connectivity index (χ0) is 8.69. The lowest BCUT2D eigenvalue weighted by Gasteiger charge is -2.15. The minimum absolute atomic E-state index is 0.411. The fourth-order valence-electron chi connectivity index (χ4n) is 0.829. The Morgan fingerprint density at radius 2 is 2.09 bits per heavy atom. The normalized spacial score (nSPS) is 16.4. The van der Waals surface area contributed by atoms with E-state index in [1.807, 2.05) is 0 Å². The molecule has 3 heteroatoms. The molecule has 0 aliphatic heterocycles. The smallest absolute Gasteiger partial charge is 0.0499 e. The zero-order valence-corrected chi connectivity index (χ0v) is 7.76. The third-order valence-corrected chi connectivity index (χ3v) is 1.62. The van der Waals surface area contributed by atoms with Crippen LogP contribution in [0.2, 0.25) is 0 Å². The molecule has 0 rings (SSSR count). The SMILES string of the molecule is COCC(C)CNC(C)CN. The maximum atomic E-state index is 5.44. The first kappa shape index (κ1) is 10.9. The van der Waals surface area contributed by atoms with Crippen molar-refractivity contribution in [3.8, 4) is 0 Å². The van der Waals surface area contributed by atoms with Crippen molar-refractivity contribution in [2.45, 2.75) is 19.9 Å². The van der Waals surface area contributed by atoms with Crippen LogP contribution in [-0.4, -0.2) is 32.8 Å². The number of ether oxygens (including phenoxy) is 1. The molecule has 2 unspecified atom stereocenters. The number of hydrogen-bond acceptors (Lipinski definition) is 3. The number of nitrogens with two attached hydrogens (primary N) is 1. The lowest BCUT2D eigenvalue weighted by Crippen LogP contribution is -2.36. The average Bonchev–Trinajstić information content (AvgIpc) is 2.01. The molecule has 68 valence electrons. The van der Waals surface area contributed by atoms with Crippen LogP contribution in [0.25, 0.3) is 0 Å². The van der Waals surface area contributed by atoms with Crippen molar-refractivity contribution in [2.75, 3.05) is 26.8 Å². The number of nitrogens with one attached hydrogen (secondary N) is 1. The van der Waals surface area contributed by atoms with Crippen LogP contribution in [0.5, 0.6) is 0 Å². The molecule has 0 aromatic carbocycles. The molecule has 0 radical (unpaired) electrons. The molecule has 0 spiro atoms. The Kier molecular flexibility index (Phi) is 6.51. The van der Waals surface area contributed by atoms with Crippen molar-refractivity contribution in [1.82, 2.24) is 5.32 Å². The summed E-state index contributed by atoms with van der Waals surface area (Å²) in [5, 5.41) is 3.31. The molecule has 0 aliphatic carbocycles. The molecule has 3 N–H and O–H groups in total. The molecule has 0 saturated carbocycles. The molecule has 2 atom stereocenters. The third kappa shape index (κ3) is 6.28. The maximum Gasteiger partial charge on any atom is 0.0499 e. The molecule has 0 amide bonds. The van der Waals surface area contributed by atoms with E-state index in [1.165, 1.54) is 0 Å². The molecule has 0 heterocycles. The van der Waals surface area contributed by atoms with Gasteiger partial charge in [-0.2, -0.15) is 0 Å². The van der Waals surface area contributed by atoms with Crippen LogP contribution in [0, 0.1) is 5.92 Å². The van der Waals surface area contributed by atoms with E-state index in [1.54, 1.807) is 7.11 Å². The lowest BCUT2D eigenvalue weighted by molar-refractivity contribution is 0.157. The summed E-state index contributed by atoms with van der Waals surface area (Å²) in [7, 11) is 1.73. The first-order valence-electron chi connectivity index (χ1n) is 4.13. The van der Waals surface area contributed by atoms with E-state index >= 15 is 0 Å². The summed E-state index contributed by atoms with van der Waals surface area (Å²) in [4.78, 5) is 0. The minimum atomic E-state index is 0.411. The fraction of sp³-hybridized carbons (Fsp3) is 1.00. The average molecular weight is 160 g/mol. The topological polar surface area (TPSA) is 47.3 Å². The monoisotopic (exact) mass is 160 g/mol. The quantitative estimate of drug-likeness (QED) is 0.584. The van der Waals surface area contributed by atoms with Gasteiger partial charge < -0.3 is 15.8 Å². The number of hydrogen-bond donors (Lipinski definition) is 2. The van der Waals surface area contributed by atoms with E-state index in [4.69, 9.17) is 10.5 Å². The lowest BCUT2D eigenvalue weighted by atomic mass is 10.2. The number of rotatable bonds is 6. The van der Waals surface area contributed by atoms with Crippen molar-refractivity contribution in [3.05, 3.63) is 0 Å². The zero-order valence-electron chi connectivity index (χ0n) is 7.76. The van der Waals surface area contributed by atoms with Gasteiger partial charge in [0.25, 0.3) is 0 Å². The van der Waals surface area contributed by atoms with E-state index in [2.05, 4.69) is 19.2 Å². The van der Waals surface area contributed by atoms with Gasteiger partial charge in [-0.05, 0) is 12.8 Å². The Morgan fingerprint density at radius 1 is 1.45 bits per heavy atom. The van der Waals surface area contributed by atoms with Crippen molar-refractivity contribution in [2.24, 2.45) is 11.7 Å². The van der Waals surface area contributed by atoms with Crippen molar-refractivity contribution >= 4 is 0 Å². The van der Waals surface area contributed by atoms with Crippen LogP contribution in [0.15, 0.2) is 0 Å². The Labute approximate surface area is 69.3 Å². The van der Waals surface area contributed by atoms with Gasteiger partial charge in [-0.15, -0.1) is 0 Å². The Hall–Kier alpha value is -0.120. The van der Waals surface area contributed by atoms with Crippen LogP contribution in [0.4, 0.5) is 0 Å². The first-order chi connectivity index (χ1) is 5.20. The predicted molar refractivity (Wildman–Crippen MR) is 47.6 cm³/mol. The molecule has 0 aromatic heterocycles. The molecule has 0 fully saturated rings. The van der Waals surface area contributed by atoms with Crippen molar-refractivity contribution < 1.29 is 4.74 Å². The number of methoxy groups -OCH3 is 1. The molecular weight excluding hydrogens is 140 g/mol. The molecule has 3 nitrogen and oxygen atoms in total. The summed E-state index contributed by atoms with van der Waals surface area (Å²) in [6, 6.07) is 0.411. The summed E-state index contributed by atoms with van der Waals surface area (Å²) >= 11 is 0. The highest BCUT2D eigenvalue weighted by Crippen LogP contribution is 1.92. The van der Waals surface area contributed by atoms with E-state index in [0.717, 1.165) is 13.2 Å². The molecule has 0 bridgehead atoms. The van der Waals surface area contributed by atoms with E-state index in [0.29, 0.717) is 18.5 Å². The van der Waals surface area contributed by atoms with Crippen molar-refractivity contribution in [3.63, 3.8) is 0 Å². The Bertz CT molecular complexity index is 88.2. The van der Waals surface area contributed by atoms with Gasteiger partial charge in [0, 0.05) is 32.8 Å². The summed E-state index contributed by atoms with van der Waals surface area (Å²) in [6.07, 6.45) is 0. The third-order valence-electron chi connectivity index (χ3n) is 1.62.